The molecule has 1 saturated heterocycles. The zero-order chi connectivity index (χ0) is 29.5. The normalized spacial score (nSPS) is 17.2. The van der Waals surface area contributed by atoms with Crippen LogP contribution in [0.4, 0.5) is 27.8 Å². The van der Waals surface area contributed by atoms with E-state index in [1.807, 2.05) is 39.8 Å². The second kappa shape index (κ2) is 11.4. The molecule has 10 nitrogen and oxygen atoms in total. The number of nitrogens with one attached hydrogen (secondary N) is 1. The SMILES string of the molecule is C[C@H]1CN(c2ccc(Nc3ncc4c(n3)OCN(c3c(Cl)cccc3Cl)C4=O)cc2Cl)CCN1C(=O)OC(C)(C)C. The quantitative estimate of drug-likeness (QED) is 0.348. The predicted octanol–water partition coefficient (Wildman–Crippen LogP) is 6.62. The number of para-hydroxylation sites is 1. The number of ether oxygens (including phenoxy) is 2. The Kier molecular flexibility index (Phi) is 8.09. The number of carbonyl (C=O) groups is 2. The molecule has 0 spiro atoms. The van der Waals surface area contributed by atoms with Gasteiger partial charge in [-0.2, -0.15) is 4.98 Å². The molecule has 5 rings (SSSR count). The topological polar surface area (TPSA) is 100 Å². The van der Waals surface area contributed by atoms with E-state index in [4.69, 9.17) is 44.3 Å². The van der Waals surface area contributed by atoms with E-state index in [-0.39, 0.29) is 42.2 Å². The first-order valence-corrected chi connectivity index (χ1v) is 14.1. The summed E-state index contributed by atoms with van der Waals surface area (Å²) >= 11 is 19.2. The third-order valence-electron chi connectivity index (χ3n) is 6.57. The minimum absolute atomic E-state index is 0.0519. The molecule has 2 aromatic carbocycles. The van der Waals surface area contributed by atoms with Crippen LogP contribution in [-0.4, -0.2) is 64.9 Å². The summed E-state index contributed by atoms with van der Waals surface area (Å²) in [5.74, 6) is 0.0110. The number of piperazine rings is 1. The number of amides is 2. The smallest absolute Gasteiger partial charge is 0.410 e. The second-order valence-electron chi connectivity index (χ2n) is 10.7. The van der Waals surface area contributed by atoms with Gasteiger partial charge in [-0.05, 0) is 58.0 Å². The van der Waals surface area contributed by atoms with E-state index < -0.39 is 5.60 Å². The fraction of sp³-hybridized carbons (Fsp3) is 0.357. The Labute approximate surface area is 253 Å². The number of anilines is 4. The van der Waals surface area contributed by atoms with Crippen molar-refractivity contribution in [2.24, 2.45) is 0 Å². The van der Waals surface area contributed by atoms with Gasteiger partial charge < -0.3 is 24.6 Å². The number of rotatable bonds is 4. The third kappa shape index (κ3) is 6.24. The lowest BCUT2D eigenvalue weighted by Gasteiger charge is -2.41. The molecule has 216 valence electrons. The molecular weight excluding hydrogens is 591 g/mol. The fourth-order valence-corrected chi connectivity index (χ4v) is 5.57. The van der Waals surface area contributed by atoms with Gasteiger partial charge >= 0.3 is 6.09 Å². The molecule has 1 fully saturated rings. The van der Waals surface area contributed by atoms with Gasteiger partial charge in [-0.15, -0.1) is 0 Å². The predicted molar refractivity (Wildman–Crippen MR) is 160 cm³/mol. The molecule has 0 bridgehead atoms. The molecule has 13 heteroatoms. The monoisotopic (exact) mass is 618 g/mol. The van der Waals surface area contributed by atoms with Crippen LogP contribution in [0.5, 0.6) is 5.88 Å². The van der Waals surface area contributed by atoms with E-state index in [0.29, 0.717) is 46.1 Å². The van der Waals surface area contributed by atoms with E-state index in [1.54, 1.807) is 29.2 Å². The van der Waals surface area contributed by atoms with E-state index in [0.717, 1.165) is 5.69 Å². The van der Waals surface area contributed by atoms with Crippen molar-refractivity contribution in [2.45, 2.75) is 39.3 Å². The number of hydrogen-bond donors (Lipinski definition) is 1. The first-order valence-electron chi connectivity index (χ1n) is 13.0. The molecule has 0 radical (unpaired) electrons. The Morgan fingerprint density at radius 1 is 1.10 bits per heavy atom. The highest BCUT2D eigenvalue weighted by Gasteiger charge is 2.33. The van der Waals surface area contributed by atoms with Crippen LogP contribution in [0.15, 0.2) is 42.6 Å². The van der Waals surface area contributed by atoms with Gasteiger partial charge in [0.15, 0.2) is 6.73 Å². The summed E-state index contributed by atoms with van der Waals surface area (Å²) < 4.78 is 11.3. The minimum atomic E-state index is -0.547. The van der Waals surface area contributed by atoms with Crippen molar-refractivity contribution in [1.82, 2.24) is 14.9 Å². The molecule has 1 aromatic heterocycles. The summed E-state index contributed by atoms with van der Waals surface area (Å²) in [6.45, 7) is 9.20. The second-order valence-corrected chi connectivity index (χ2v) is 12.0. The standard InChI is InChI=1S/C28H29Cl3N6O4/c1-16-14-35(10-11-36(16)27(39)41-28(2,3)4)22-9-8-17(12-21(22)31)33-26-32-13-18-24(34-26)40-15-37(25(18)38)23-19(29)6-5-7-20(23)30/h5-9,12-13,16H,10-11,14-15H2,1-4H3,(H,32,33,34)/t16-/m0/s1. The van der Waals surface area contributed by atoms with Crippen molar-refractivity contribution >= 4 is 69.8 Å². The zero-order valence-corrected chi connectivity index (χ0v) is 25.2. The number of nitrogens with zero attached hydrogens (tertiary/aromatic N) is 5. The lowest BCUT2D eigenvalue weighted by atomic mass is 10.1. The summed E-state index contributed by atoms with van der Waals surface area (Å²) in [5, 5.41) is 4.30. The molecule has 2 aliphatic rings. The maximum Gasteiger partial charge on any atom is 0.410 e. The average molecular weight is 620 g/mol. The lowest BCUT2D eigenvalue weighted by Crippen LogP contribution is -2.55. The van der Waals surface area contributed by atoms with Crippen molar-refractivity contribution in [3.63, 3.8) is 0 Å². The van der Waals surface area contributed by atoms with Crippen LogP contribution in [0.25, 0.3) is 0 Å². The largest absolute Gasteiger partial charge is 0.455 e. The van der Waals surface area contributed by atoms with Crippen LogP contribution in [0.1, 0.15) is 38.1 Å². The Morgan fingerprint density at radius 3 is 2.49 bits per heavy atom. The maximum absolute atomic E-state index is 13.1. The molecule has 0 unspecified atom stereocenters. The number of carbonyl (C=O) groups excluding carboxylic acids is 2. The first-order chi connectivity index (χ1) is 19.4. The molecule has 1 atom stereocenters. The Balaban J connectivity index is 1.26. The third-order valence-corrected chi connectivity index (χ3v) is 7.48. The zero-order valence-electron chi connectivity index (χ0n) is 23.0. The minimum Gasteiger partial charge on any atom is -0.455 e. The first kappa shape index (κ1) is 29.0. The number of benzene rings is 2. The number of fused-ring (bicyclic) bond motifs is 1. The highest BCUT2D eigenvalue weighted by molar-refractivity contribution is 6.40. The number of halogens is 3. The Hall–Kier alpha value is -3.47. The van der Waals surface area contributed by atoms with E-state index in [9.17, 15) is 9.59 Å². The van der Waals surface area contributed by atoms with Crippen molar-refractivity contribution < 1.29 is 19.1 Å². The summed E-state index contributed by atoms with van der Waals surface area (Å²) in [6, 6.07) is 10.5. The van der Waals surface area contributed by atoms with Gasteiger partial charge in [-0.25, -0.2) is 9.78 Å². The van der Waals surface area contributed by atoms with E-state index >= 15 is 0 Å². The highest BCUT2D eigenvalue weighted by Crippen LogP contribution is 2.37. The van der Waals surface area contributed by atoms with Gasteiger partial charge in [0.25, 0.3) is 5.91 Å². The van der Waals surface area contributed by atoms with Crippen LogP contribution < -0.4 is 19.9 Å². The van der Waals surface area contributed by atoms with Gasteiger partial charge in [0.1, 0.15) is 11.2 Å². The molecule has 2 aliphatic heterocycles. The molecule has 41 heavy (non-hydrogen) atoms. The van der Waals surface area contributed by atoms with Crippen molar-refractivity contribution in [2.75, 3.05) is 41.5 Å². The lowest BCUT2D eigenvalue weighted by molar-refractivity contribution is 0.0159. The maximum atomic E-state index is 13.1. The summed E-state index contributed by atoms with van der Waals surface area (Å²) in [6.07, 6.45) is 1.08. The number of aromatic nitrogens is 2. The van der Waals surface area contributed by atoms with E-state index in [1.165, 1.54) is 11.1 Å². The van der Waals surface area contributed by atoms with Crippen molar-refractivity contribution in [3.05, 3.63) is 63.2 Å². The van der Waals surface area contributed by atoms with Crippen LogP contribution in [0, 0.1) is 0 Å². The fourth-order valence-electron chi connectivity index (χ4n) is 4.66. The average Bonchev–Trinajstić information content (AvgIpc) is 2.89. The molecule has 0 aliphatic carbocycles. The highest BCUT2D eigenvalue weighted by atomic mass is 35.5. The van der Waals surface area contributed by atoms with E-state index in [2.05, 4.69) is 20.2 Å². The van der Waals surface area contributed by atoms with Crippen molar-refractivity contribution in [1.29, 1.82) is 0 Å². The van der Waals surface area contributed by atoms with Gasteiger partial charge in [0, 0.05) is 37.6 Å². The Morgan fingerprint density at radius 2 is 1.83 bits per heavy atom. The Bertz CT molecular complexity index is 1480. The number of hydrogen-bond acceptors (Lipinski definition) is 8. The summed E-state index contributed by atoms with van der Waals surface area (Å²) in [5.41, 5.74) is 1.52. The van der Waals surface area contributed by atoms with Crippen LogP contribution in [-0.2, 0) is 4.74 Å². The molecule has 2 amide bonds. The van der Waals surface area contributed by atoms with Crippen LogP contribution in [0.3, 0.4) is 0 Å². The van der Waals surface area contributed by atoms with Crippen molar-refractivity contribution in [3.8, 4) is 5.88 Å². The van der Waals surface area contributed by atoms with Gasteiger partial charge in [-0.1, -0.05) is 40.9 Å². The molecule has 3 heterocycles. The summed E-state index contributed by atoms with van der Waals surface area (Å²) in [4.78, 5) is 39.6. The van der Waals surface area contributed by atoms with Gasteiger partial charge in [0.2, 0.25) is 11.8 Å². The van der Waals surface area contributed by atoms with Gasteiger partial charge in [0.05, 0.1) is 26.4 Å². The molecular formula is C28H29Cl3N6O4. The molecule has 1 N–H and O–H groups in total. The molecule has 3 aromatic rings. The van der Waals surface area contributed by atoms with Crippen LogP contribution in [0.2, 0.25) is 15.1 Å². The van der Waals surface area contributed by atoms with Gasteiger partial charge in [-0.3, -0.25) is 9.69 Å². The van der Waals surface area contributed by atoms with Crippen LogP contribution >= 0.6 is 34.8 Å². The molecule has 0 saturated carbocycles. The summed E-state index contributed by atoms with van der Waals surface area (Å²) in [7, 11) is 0.